The summed E-state index contributed by atoms with van der Waals surface area (Å²) in [7, 11) is 0. The van der Waals surface area contributed by atoms with Gasteiger partial charge in [0.25, 0.3) is 0 Å². The summed E-state index contributed by atoms with van der Waals surface area (Å²) in [6, 6.07) is 13.6. The maximum absolute atomic E-state index is 13.1. The van der Waals surface area contributed by atoms with Gasteiger partial charge in [-0.1, -0.05) is 41.4 Å². The fourth-order valence-corrected chi connectivity index (χ4v) is 2.37. The first-order valence-electron chi connectivity index (χ1n) is 6.82. The van der Waals surface area contributed by atoms with Gasteiger partial charge >= 0.3 is 0 Å². The molecule has 2 rings (SSSR count). The van der Waals surface area contributed by atoms with Gasteiger partial charge in [0.15, 0.2) is 0 Å². The summed E-state index contributed by atoms with van der Waals surface area (Å²) in [5.74, 6) is -0.385. The quantitative estimate of drug-likeness (QED) is 0.796. The zero-order valence-corrected chi connectivity index (χ0v) is 12.5. The Bertz CT molecular complexity index is 583. The topological polar surface area (TPSA) is 12.0 Å². The van der Waals surface area contributed by atoms with Crippen LogP contribution in [0.4, 0.5) is 10.1 Å². The molecule has 106 valence electrons. The van der Waals surface area contributed by atoms with Crippen LogP contribution in [0, 0.1) is 12.7 Å². The van der Waals surface area contributed by atoms with Gasteiger partial charge in [-0.05, 0) is 50.5 Å². The first-order chi connectivity index (χ1) is 9.54. The lowest BCUT2D eigenvalue weighted by Crippen LogP contribution is -2.16. The number of anilines is 1. The molecule has 2 aromatic rings. The van der Waals surface area contributed by atoms with Crippen LogP contribution in [0.25, 0.3) is 0 Å². The molecule has 0 radical (unpaired) electrons. The molecule has 1 atom stereocenters. The van der Waals surface area contributed by atoms with Crippen molar-refractivity contribution in [2.24, 2.45) is 0 Å². The van der Waals surface area contributed by atoms with E-state index in [1.165, 1.54) is 17.2 Å². The molecular weight excluding hydrogens is 273 g/mol. The van der Waals surface area contributed by atoms with Gasteiger partial charge in [0.2, 0.25) is 0 Å². The van der Waals surface area contributed by atoms with Gasteiger partial charge in [0, 0.05) is 11.7 Å². The largest absolute Gasteiger partial charge is 0.383 e. The van der Waals surface area contributed by atoms with E-state index < -0.39 is 0 Å². The first kappa shape index (κ1) is 14.9. The maximum atomic E-state index is 13.1. The molecule has 0 fully saturated rings. The minimum atomic E-state index is -0.385. The van der Waals surface area contributed by atoms with Crippen LogP contribution in [-0.2, 0) is 6.42 Å². The molecule has 0 bridgehead atoms. The average molecular weight is 292 g/mol. The summed E-state index contributed by atoms with van der Waals surface area (Å²) >= 11 is 5.77. The van der Waals surface area contributed by atoms with Gasteiger partial charge in [0.05, 0.1) is 5.02 Å². The van der Waals surface area contributed by atoms with E-state index >= 15 is 0 Å². The van der Waals surface area contributed by atoms with Crippen molar-refractivity contribution in [3.63, 3.8) is 0 Å². The zero-order chi connectivity index (χ0) is 14.5. The number of nitrogens with one attached hydrogen (secondary N) is 1. The molecule has 0 aliphatic heterocycles. The molecule has 0 spiro atoms. The van der Waals surface area contributed by atoms with Crippen LogP contribution in [-0.4, -0.2) is 6.04 Å². The van der Waals surface area contributed by atoms with Crippen LogP contribution in [0.5, 0.6) is 0 Å². The van der Waals surface area contributed by atoms with Crippen molar-refractivity contribution < 1.29 is 4.39 Å². The predicted molar refractivity (Wildman–Crippen MR) is 84.0 cm³/mol. The molecule has 20 heavy (non-hydrogen) atoms. The highest BCUT2D eigenvalue weighted by Gasteiger charge is 2.05. The van der Waals surface area contributed by atoms with Crippen molar-refractivity contribution in [3.05, 3.63) is 64.4 Å². The SMILES string of the molecule is Cc1cccc(CCC(C)Nc2ccc(F)c(Cl)c2)c1. The molecule has 0 saturated carbocycles. The Morgan fingerprint density at radius 3 is 2.70 bits per heavy atom. The van der Waals surface area contributed by atoms with Crippen LogP contribution in [0.1, 0.15) is 24.5 Å². The molecule has 0 aromatic heterocycles. The van der Waals surface area contributed by atoms with E-state index in [1.807, 2.05) is 0 Å². The highest BCUT2D eigenvalue weighted by molar-refractivity contribution is 6.31. The van der Waals surface area contributed by atoms with Gasteiger partial charge in [0.1, 0.15) is 5.82 Å². The molecule has 0 heterocycles. The van der Waals surface area contributed by atoms with Crippen molar-refractivity contribution in [1.82, 2.24) is 0 Å². The summed E-state index contributed by atoms with van der Waals surface area (Å²) in [5, 5.41) is 3.50. The van der Waals surface area contributed by atoms with Crippen LogP contribution in [0.2, 0.25) is 5.02 Å². The Morgan fingerprint density at radius 2 is 2.00 bits per heavy atom. The monoisotopic (exact) mass is 291 g/mol. The van der Waals surface area contributed by atoms with Gasteiger partial charge in [-0.3, -0.25) is 0 Å². The molecule has 0 saturated heterocycles. The second kappa shape index (κ2) is 6.76. The van der Waals surface area contributed by atoms with Gasteiger partial charge in [-0.25, -0.2) is 4.39 Å². The van der Waals surface area contributed by atoms with Crippen molar-refractivity contribution in [1.29, 1.82) is 0 Å². The predicted octanol–water partition coefficient (Wildman–Crippen LogP) is 5.22. The smallest absolute Gasteiger partial charge is 0.141 e. The van der Waals surface area contributed by atoms with Crippen molar-refractivity contribution in [2.75, 3.05) is 5.32 Å². The van der Waals surface area contributed by atoms with E-state index in [0.29, 0.717) is 6.04 Å². The third-order valence-corrected chi connectivity index (χ3v) is 3.57. The summed E-state index contributed by atoms with van der Waals surface area (Å²) in [6.45, 7) is 4.22. The van der Waals surface area contributed by atoms with Crippen molar-refractivity contribution >= 4 is 17.3 Å². The second-order valence-corrected chi connectivity index (χ2v) is 5.61. The van der Waals surface area contributed by atoms with Gasteiger partial charge in [-0.2, -0.15) is 0 Å². The van der Waals surface area contributed by atoms with Crippen LogP contribution >= 0.6 is 11.6 Å². The maximum Gasteiger partial charge on any atom is 0.141 e. The Morgan fingerprint density at radius 1 is 1.20 bits per heavy atom. The van der Waals surface area contributed by atoms with Gasteiger partial charge < -0.3 is 5.32 Å². The molecule has 0 amide bonds. The zero-order valence-electron chi connectivity index (χ0n) is 11.8. The number of rotatable bonds is 5. The molecule has 3 heteroatoms. The molecule has 1 nitrogen and oxygen atoms in total. The fourth-order valence-electron chi connectivity index (χ4n) is 2.19. The average Bonchev–Trinajstić information content (AvgIpc) is 2.41. The van der Waals surface area contributed by atoms with E-state index in [9.17, 15) is 4.39 Å². The van der Waals surface area contributed by atoms with Crippen LogP contribution in [0.3, 0.4) is 0 Å². The van der Waals surface area contributed by atoms with E-state index in [1.54, 1.807) is 12.1 Å². The van der Waals surface area contributed by atoms with Gasteiger partial charge in [-0.15, -0.1) is 0 Å². The fraction of sp³-hybridized carbons (Fsp3) is 0.294. The Hall–Kier alpha value is -1.54. The first-order valence-corrected chi connectivity index (χ1v) is 7.19. The van der Waals surface area contributed by atoms with E-state index in [-0.39, 0.29) is 10.8 Å². The lowest BCUT2D eigenvalue weighted by molar-refractivity contribution is 0.628. The second-order valence-electron chi connectivity index (χ2n) is 5.20. The molecule has 1 unspecified atom stereocenters. The van der Waals surface area contributed by atoms with E-state index in [0.717, 1.165) is 18.5 Å². The van der Waals surface area contributed by atoms with Crippen LogP contribution in [0.15, 0.2) is 42.5 Å². The number of benzene rings is 2. The van der Waals surface area contributed by atoms with E-state index in [4.69, 9.17) is 11.6 Å². The normalized spacial score (nSPS) is 12.2. The number of hydrogen-bond acceptors (Lipinski definition) is 1. The van der Waals surface area contributed by atoms with Crippen LogP contribution < -0.4 is 5.32 Å². The molecule has 2 aromatic carbocycles. The van der Waals surface area contributed by atoms with Crippen molar-refractivity contribution in [3.8, 4) is 0 Å². The summed E-state index contributed by atoms with van der Waals surface area (Å²) < 4.78 is 13.1. The lowest BCUT2D eigenvalue weighted by atomic mass is 10.0. The molecule has 0 aliphatic rings. The van der Waals surface area contributed by atoms with E-state index in [2.05, 4.69) is 43.4 Å². The highest BCUT2D eigenvalue weighted by Crippen LogP contribution is 2.20. The number of aryl methyl sites for hydroxylation is 2. The minimum absolute atomic E-state index is 0.154. The number of halogens is 2. The Balaban J connectivity index is 1.89. The Labute approximate surface area is 124 Å². The number of hydrogen-bond donors (Lipinski definition) is 1. The summed E-state index contributed by atoms with van der Waals surface area (Å²) in [6.07, 6.45) is 2.03. The minimum Gasteiger partial charge on any atom is -0.383 e. The third-order valence-electron chi connectivity index (χ3n) is 3.28. The van der Waals surface area contributed by atoms with Crippen molar-refractivity contribution in [2.45, 2.75) is 32.7 Å². The summed E-state index contributed by atoms with van der Waals surface area (Å²) in [5.41, 5.74) is 3.48. The molecule has 0 aliphatic carbocycles. The standard InChI is InChI=1S/C17H19ClFN/c1-12-4-3-5-14(10-12)7-6-13(2)20-15-8-9-17(19)16(18)11-15/h3-5,8-11,13,20H,6-7H2,1-2H3. The lowest BCUT2D eigenvalue weighted by Gasteiger charge is -2.15. The highest BCUT2D eigenvalue weighted by atomic mass is 35.5. The summed E-state index contributed by atoms with van der Waals surface area (Å²) in [4.78, 5) is 0. The molecule has 1 N–H and O–H groups in total. The molecular formula is C17H19ClFN. The third kappa shape index (κ3) is 4.24. The Kier molecular flexibility index (Phi) is 5.02.